The van der Waals surface area contributed by atoms with Crippen molar-refractivity contribution in [2.24, 2.45) is 5.73 Å². The molecule has 0 atom stereocenters. The van der Waals surface area contributed by atoms with Crippen molar-refractivity contribution < 1.29 is 19.1 Å². The Hall–Kier alpha value is -2.09. The highest BCUT2D eigenvalue weighted by molar-refractivity contribution is 7.14. The number of esters is 1. The van der Waals surface area contributed by atoms with Gasteiger partial charge in [0.05, 0.1) is 21.2 Å². The van der Waals surface area contributed by atoms with Gasteiger partial charge in [0.1, 0.15) is 5.00 Å². The van der Waals surface area contributed by atoms with Gasteiger partial charge in [0.2, 0.25) is 0 Å². The van der Waals surface area contributed by atoms with Crippen LogP contribution in [0.5, 0.6) is 0 Å². The second kappa shape index (κ2) is 7.45. The van der Waals surface area contributed by atoms with Crippen LogP contribution in [-0.2, 0) is 9.53 Å². The molecular weight excluding hydrogens is 363 g/mol. The fraction of sp³-hybridized carbons (Fsp3) is 0.0714. The van der Waals surface area contributed by atoms with Crippen LogP contribution in [0.25, 0.3) is 0 Å². The monoisotopic (exact) mass is 372 g/mol. The number of anilines is 1. The highest BCUT2D eigenvalue weighted by Crippen LogP contribution is 2.26. The summed E-state index contributed by atoms with van der Waals surface area (Å²) in [7, 11) is 0. The number of nitrogens with one attached hydrogen (secondary N) is 1. The first-order chi connectivity index (χ1) is 10.9. The first kappa shape index (κ1) is 17.3. The molecule has 0 spiro atoms. The first-order valence-electron chi connectivity index (χ1n) is 6.18. The number of carbonyl (C=O) groups excluding carboxylic acids is 3. The highest BCUT2D eigenvalue weighted by Gasteiger charge is 2.17. The average molecular weight is 373 g/mol. The third kappa shape index (κ3) is 4.22. The molecule has 6 nitrogen and oxygen atoms in total. The fourth-order valence-electron chi connectivity index (χ4n) is 1.63. The van der Waals surface area contributed by atoms with Crippen LogP contribution in [0.2, 0.25) is 10.0 Å². The molecule has 23 heavy (non-hydrogen) atoms. The molecule has 1 aromatic carbocycles. The maximum atomic E-state index is 11.9. The van der Waals surface area contributed by atoms with Gasteiger partial charge in [-0.1, -0.05) is 29.3 Å². The number of primary amides is 1. The van der Waals surface area contributed by atoms with Crippen LogP contribution in [0.3, 0.4) is 0 Å². The molecule has 0 bridgehead atoms. The lowest BCUT2D eigenvalue weighted by Gasteiger charge is -2.07. The van der Waals surface area contributed by atoms with E-state index in [0.717, 1.165) is 11.3 Å². The summed E-state index contributed by atoms with van der Waals surface area (Å²) in [5, 5.41) is 4.60. The Morgan fingerprint density at radius 2 is 1.91 bits per heavy atom. The smallest absolute Gasteiger partial charge is 0.340 e. The van der Waals surface area contributed by atoms with E-state index in [1.165, 1.54) is 24.3 Å². The molecule has 9 heteroatoms. The zero-order valence-corrected chi connectivity index (χ0v) is 13.8. The molecule has 3 N–H and O–H groups in total. The minimum absolute atomic E-state index is 0.0499. The van der Waals surface area contributed by atoms with E-state index in [9.17, 15) is 14.4 Å². The molecule has 0 aliphatic heterocycles. The van der Waals surface area contributed by atoms with E-state index in [1.54, 1.807) is 5.38 Å². The van der Waals surface area contributed by atoms with Crippen LogP contribution >= 0.6 is 34.5 Å². The first-order valence-corrected chi connectivity index (χ1v) is 7.82. The molecule has 0 saturated heterocycles. The van der Waals surface area contributed by atoms with Crippen molar-refractivity contribution in [3.63, 3.8) is 0 Å². The van der Waals surface area contributed by atoms with Crippen molar-refractivity contribution in [2.45, 2.75) is 0 Å². The van der Waals surface area contributed by atoms with Gasteiger partial charge in [-0.3, -0.25) is 9.59 Å². The highest BCUT2D eigenvalue weighted by atomic mass is 35.5. The minimum Gasteiger partial charge on any atom is -0.452 e. The molecule has 0 unspecified atom stereocenters. The molecule has 0 saturated carbocycles. The quantitative estimate of drug-likeness (QED) is 0.788. The summed E-state index contributed by atoms with van der Waals surface area (Å²) in [5.41, 5.74) is 5.41. The van der Waals surface area contributed by atoms with E-state index in [2.05, 4.69) is 5.32 Å². The number of hydrogen-bond donors (Lipinski definition) is 2. The van der Waals surface area contributed by atoms with Crippen molar-refractivity contribution in [1.29, 1.82) is 0 Å². The molecular formula is C14H10Cl2N2O4S. The summed E-state index contributed by atoms with van der Waals surface area (Å²) in [5.74, 6) is -2.06. The molecule has 2 rings (SSSR count). The van der Waals surface area contributed by atoms with E-state index >= 15 is 0 Å². The SMILES string of the molecule is NC(=O)c1ccsc1NC(=O)COC(=O)c1cccc(Cl)c1Cl. The van der Waals surface area contributed by atoms with E-state index in [-0.39, 0.29) is 21.2 Å². The zero-order chi connectivity index (χ0) is 17.0. The number of rotatable bonds is 5. The Balaban J connectivity index is 1.96. The van der Waals surface area contributed by atoms with E-state index in [4.69, 9.17) is 33.7 Å². The third-order valence-corrected chi connectivity index (χ3v) is 4.34. The molecule has 0 radical (unpaired) electrons. The Labute approximate surface area is 145 Å². The summed E-state index contributed by atoms with van der Waals surface area (Å²) >= 11 is 12.8. The van der Waals surface area contributed by atoms with Crippen LogP contribution in [0.4, 0.5) is 5.00 Å². The van der Waals surface area contributed by atoms with Gasteiger partial charge >= 0.3 is 5.97 Å². The molecule has 0 aliphatic rings. The van der Waals surface area contributed by atoms with E-state index < -0.39 is 24.4 Å². The average Bonchev–Trinajstić information content (AvgIpc) is 2.96. The number of halogens is 2. The number of thiophene rings is 1. The zero-order valence-electron chi connectivity index (χ0n) is 11.5. The van der Waals surface area contributed by atoms with Crippen molar-refractivity contribution >= 4 is 57.3 Å². The number of hydrogen-bond acceptors (Lipinski definition) is 5. The van der Waals surface area contributed by atoms with Gasteiger partial charge in [0, 0.05) is 0 Å². The largest absolute Gasteiger partial charge is 0.452 e. The fourth-order valence-corrected chi connectivity index (χ4v) is 2.82. The molecule has 2 amide bonds. The molecule has 1 heterocycles. The van der Waals surface area contributed by atoms with Crippen LogP contribution in [0.1, 0.15) is 20.7 Å². The number of ether oxygens (including phenoxy) is 1. The number of carbonyl (C=O) groups is 3. The Bertz CT molecular complexity index is 776. The van der Waals surface area contributed by atoms with Crippen molar-refractivity contribution in [3.05, 3.63) is 50.8 Å². The number of benzene rings is 1. The maximum absolute atomic E-state index is 11.9. The molecule has 120 valence electrons. The van der Waals surface area contributed by atoms with Crippen LogP contribution in [-0.4, -0.2) is 24.4 Å². The molecule has 2 aromatic rings. The minimum atomic E-state index is -0.783. The van der Waals surface area contributed by atoms with Gasteiger partial charge in [-0.15, -0.1) is 11.3 Å². The van der Waals surface area contributed by atoms with E-state index in [1.807, 2.05) is 0 Å². The summed E-state index contributed by atoms with van der Waals surface area (Å²) < 4.78 is 4.87. The molecule has 0 aliphatic carbocycles. The second-order valence-electron chi connectivity index (χ2n) is 4.25. The van der Waals surface area contributed by atoms with Crippen LogP contribution in [0.15, 0.2) is 29.6 Å². The van der Waals surface area contributed by atoms with Gasteiger partial charge in [-0.25, -0.2) is 4.79 Å². The van der Waals surface area contributed by atoms with Crippen molar-refractivity contribution in [1.82, 2.24) is 0 Å². The van der Waals surface area contributed by atoms with E-state index in [0.29, 0.717) is 5.00 Å². The molecule has 1 aromatic heterocycles. The third-order valence-electron chi connectivity index (χ3n) is 2.69. The Morgan fingerprint density at radius 3 is 2.61 bits per heavy atom. The predicted octanol–water partition coefficient (Wildman–Crippen LogP) is 2.95. The normalized spacial score (nSPS) is 10.2. The second-order valence-corrected chi connectivity index (χ2v) is 5.95. The molecule has 0 fully saturated rings. The summed E-state index contributed by atoms with van der Waals surface area (Å²) in [6.07, 6.45) is 0. The van der Waals surface area contributed by atoms with Crippen molar-refractivity contribution in [3.8, 4) is 0 Å². The lowest BCUT2D eigenvalue weighted by atomic mass is 10.2. The van der Waals surface area contributed by atoms with Crippen LogP contribution in [0, 0.1) is 0 Å². The van der Waals surface area contributed by atoms with Gasteiger partial charge in [0.25, 0.3) is 11.8 Å². The number of amides is 2. The van der Waals surface area contributed by atoms with Gasteiger partial charge in [-0.05, 0) is 23.6 Å². The lowest BCUT2D eigenvalue weighted by molar-refractivity contribution is -0.119. The maximum Gasteiger partial charge on any atom is 0.340 e. The predicted molar refractivity (Wildman–Crippen MR) is 88.2 cm³/mol. The van der Waals surface area contributed by atoms with Gasteiger partial charge < -0.3 is 15.8 Å². The van der Waals surface area contributed by atoms with Gasteiger partial charge in [0.15, 0.2) is 6.61 Å². The summed E-state index contributed by atoms with van der Waals surface area (Å²) in [6.45, 7) is -0.544. The number of nitrogens with two attached hydrogens (primary N) is 1. The topological polar surface area (TPSA) is 98.5 Å². The summed E-state index contributed by atoms with van der Waals surface area (Å²) in [6, 6.07) is 5.98. The van der Waals surface area contributed by atoms with Crippen LogP contribution < -0.4 is 11.1 Å². The Kier molecular flexibility index (Phi) is 5.59. The Morgan fingerprint density at radius 1 is 1.17 bits per heavy atom. The van der Waals surface area contributed by atoms with Crippen molar-refractivity contribution in [2.75, 3.05) is 11.9 Å². The summed E-state index contributed by atoms with van der Waals surface area (Å²) in [4.78, 5) is 34.8. The van der Waals surface area contributed by atoms with Gasteiger partial charge in [-0.2, -0.15) is 0 Å². The lowest BCUT2D eigenvalue weighted by Crippen LogP contribution is -2.22. The standard InChI is InChI=1S/C14H10Cl2N2O4S/c15-9-3-1-2-7(11(9)16)14(21)22-6-10(19)18-13-8(12(17)20)4-5-23-13/h1-5H,6H2,(H2,17,20)(H,18,19).